The van der Waals surface area contributed by atoms with Crippen molar-refractivity contribution in [2.75, 3.05) is 6.54 Å². The average Bonchev–Trinajstić information content (AvgIpc) is 2.48. The molecule has 0 aromatic carbocycles. The maximum atomic E-state index is 3.94. The van der Waals surface area contributed by atoms with Gasteiger partial charge in [0.25, 0.3) is 0 Å². The quantitative estimate of drug-likeness (QED) is 0.615. The third-order valence-corrected chi connectivity index (χ3v) is 5.32. The van der Waals surface area contributed by atoms with Crippen molar-refractivity contribution in [3.63, 3.8) is 0 Å². The Kier molecular flexibility index (Phi) is 7.92. The first-order valence-corrected chi connectivity index (χ1v) is 9.20. The Bertz CT molecular complexity index is 192. The molecule has 2 rings (SSSR count). The zero-order valence-electron chi connectivity index (χ0n) is 13.0. The summed E-state index contributed by atoms with van der Waals surface area (Å²) in [4.78, 5) is 0. The fraction of sp³-hybridized carbons (Fsp3) is 1.00. The Morgan fingerprint density at radius 3 is 1.58 bits per heavy atom. The lowest BCUT2D eigenvalue weighted by Gasteiger charge is -2.29. The molecule has 1 saturated heterocycles. The molecule has 1 aliphatic carbocycles. The van der Waals surface area contributed by atoms with Gasteiger partial charge in [0.05, 0.1) is 0 Å². The summed E-state index contributed by atoms with van der Waals surface area (Å²) in [6.07, 6.45) is 22.1. The lowest BCUT2D eigenvalue weighted by Crippen LogP contribution is -2.37. The molecule has 1 heterocycles. The average molecular weight is 265 g/mol. The van der Waals surface area contributed by atoms with Crippen molar-refractivity contribution >= 4 is 0 Å². The molecule has 0 radical (unpaired) electrons. The summed E-state index contributed by atoms with van der Waals surface area (Å²) >= 11 is 0. The van der Waals surface area contributed by atoms with E-state index in [1.807, 2.05) is 0 Å². The third-order valence-electron chi connectivity index (χ3n) is 5.32. The van der Waals surface area contributed by atoms with Crippen LogP contribution in [-0.2, 0) is 0 Å². The van der Waals surface area contributed by atoms with E-state index in [0.29, 0.717) is 0 Å². The molecular formula is C18H35N. The third kappa shape index (κ3) is 6.29. The van der Waals surface area contributed by atoms with Gasteiger partial charge in [-0.1, -0.05) is 70.6 Å². The van der Waals surface area contributed by atoms with Crippen LogP contribution in [0.5, 0.6) is 0 Å². The highest BCUT2D eigenvalue weighted by Gasteiger charge is 2.21. The van der Waals surface area contributed by atoms with Crippen LogP contribution in [0.2, 0.25) is 0 Å². The smallest absolute Gasteiger partial charge is 0.00953 e. The first-order valence-electron chi connectivity index (χ1n) is 9.20. The molecule has 2 atom stereocenters. The Morgan fingerprint density at radius 2 is 0.947 bits per heavy atom. The summed E-state index contributed by atoms with van der Waals surface area (Å²) in [5.74, 6) is 0.983. The Morgan fingerprint density at radius 1 is 0.474 bits per heavy atom. The topological polar surface area (TPSA) is 12.0 Å². The molecule has 112 valence electrons. The van der Waals surface area contributed by atoms with Crippen LogP contribution in [0.1, 0.15) is 96.3 Å². The van der Waals surface area contributed by atoms with Crippen LogP contribution in [0.4, 0.5) is 0 Å². The van der Waals surface area contributed by atoms with E-state index < -0.39 is 0 Å². The second kappa shape index (κ2) is 9.80. The van der Waals surface area contributed by atoms with Crippen LogP contribution in [0.15, 0.2) is 0 Å². The van der Waals surface area contributed by atoms with Crippen LogP contribution in [-0.4, -0.2) is 12.6 Å². The Balaban J connectivity index is 1.88. The van der Waals surface area contributed by atoms with E-state index in [4.69, 9.17) is 0 Å². The van der Waals surface area contributed by atoms with E-state index >= 15 is 0 Å². The molecule has 0 aromatic heterocycles. The van der Waals surface area contributed by atoms with Gasteiger partial charge in [0.2, 0.25) is 0 Å². The highest BCUT2D eigenvalue weighted by Crippen LogP contribution is 2.27. The lowest BCUT2D eigenvalue weighted by molar-refractivity contribution is 0.274. The van der Waals surface area contributed by atoms with Crippen molar-refractivity contribution in [1.82, 2.24) is 5.32 Å². The maximum Gasteiger partial charge on any atom is 0.00953 e. The minimum atomic E-state index is 0.844. The molecule has 1 saturated carbocycles. The minimum absolute atomic E-state index is 0.844. The van der Waals surface area contributed by atoms with Crippen molar-refractivity contribution < 1.29 is 0 Å². The first-order chi connectivity index (χ1) is 9.47. The number of hydrogen-bond acceptors (Lipinski definition) is 1. The van der Waals surface area contributed by atoms with Crippen LogP contribution < -0.4 is 5.32 Å². The van der Waals surface area contributed by atoms with E-state index in [2.05, 4.69) is 5.32 Å². The van der Waals surface area contributed by atoms with Crippen molar-refractivity contribution in [3.8, 4) is 0 Å². The standard InChI is InChI=1S/C18H35N/c1-2-7-11-15-18-17(13-9-5-1)14-10-6-3-4-8-12-16-19-18/h17-19H,1-16H2. The van der Waals surface area contributed by atoms with Gasteiger partial charge in [0, 0.05) is 6.04 Å². The van der Waals surface area contributed by atoms with Gasteiger partial charge in [0.15, 0.2) is 0 Å². The zero-order chi connectivity index (χ0) is 13.2. The summed E-state index contributed by atoms with van der Waals surface area (Å²) in [6, 6.07) is 0.844. The van der Waals surface area contributed by atoms with E-state index in [9.17, 15) is 0 Å². The number of fused-ring (bicyclic) bond motifs is 1. The second-order valence-electron chi connectivity index (χ2n) is 6.93. The maximum absolute atomic E-state index is 3.94. The predicted molar refractivity (Wildman–Crippen MR) is 84.5 cm³/mol. The molecule has 1 heteroatoms. The molecule has 2 fully saturated rings. The molecule has 1 aliphatic heterocycles. The van der Waals surface area contributed by atoms with Crippen LogP contribution in [0.3, 0.4) is 0 Å². The molecule has 0 aromatic rings. The fourth-order valence-electron chi connectivity index (χ4n) is 4.06. The molecular weight excluding hydrogens is 230 g/mol. The molecule has 0 amide bonds. The van der Waals surface area contributed by atoms with Gasteiger partial charge < -0.3 is 5.32 Å². The lowest BCUT2D eigenvalue weighted by atomic mass is 9.84. The number of nitrogens with one attached hydrogen (secondary N) is 1. The van der Waals surface area contributed by atoms with Gasteiger partial charge in [-0.25, -0.2) is 0 Å². The normalized spacial score (nSPS) is 32.8. The van der Waals surface area contributed by atoms with E-state index in [0.717, 1.165) is 12.0 Å². The van der Waals surface area contributed by atoms with Gasteiger partial charge in [0.1, 0.15) is 0 Å². The van der Waals surface area contributed by atoms with Crippen molar-refractivity contribution in [1.29, 1.82) is 0 Å². The summed E-state index contributed by atoms with van der Waals surface area (Å²) in [6.45, 7) is 1.28. The summed E-state index contributed by atoms with van der Waals surface area (Å²) < 4.78 is 0. The zero-order valence-corrected chi connectivity index (χ0v) is 13.0. The van der Waals surface area contributed by atoms with Gasteiger partial charge >= 0.3 is 0 Å². The fourth-order valence-corrected chi connectivity index (χ4v) is 4.06. The SMILES string of the molecule is C1CCCCC2CCCCCCCCC2NCCC1. The summed E-state index contributed by atoms with van der Waals surface area (Å²) in [7, 11) is 0. The molecule has 1 N–H and O–H groups in total. The first kappa shape index (κ1) is 15.4. The van der Waals surface area contributed by atoms with E-state index in [-0.39, 0.29) is 0 Å². The van der Waals surface area contributed by atoms with Crippen molar-refractivity contribution in [2.24, 2.45) is 5.92 Å². The molecule has 0 bridgehead atoms. The molecule has 2 unspecified atom stereocenters. The predicted octanol–water partition coefficient (Wildman–Crippen LogP) is 5.44. The molecule has 1 nitrogen and oxygen atoms in total. The van der Waals surface area contributed by atoms with Crippen LogP contribution in [0.25, 0.3) is 0 Å². The van der Waals surface area contributed by atoms with Gasteiger partial charge in [-0.2, -0.15) is 0 Å². The highest BCUT2D eigenvalue weighted by molar-refractivity contribution is 4.78. The summed E-state index contributed by atoms with van der Waals surface area (Å²) in [5.41, 5.74) is 0. The van der Waals surface area contributed by atoms with Crippen LogP contribution >= 0.6 is 0 Å². The van der Waals surface area contributed by atoms with E-state index in [1.54, 1.807) is 0 Å². The highest BCUT2D eigenvalue weighted by atomic mass is 14.9. The Labute approximate surface area is 120 Å². The van der Waals surface area contributed by atoms with Gasteiger partial charge in [-0.15, -0.1) is 0 Å². The van der Waals surface area contributed by atoms with Crippen LogP contribution in [0, 0.1) is 5.92 Å². The second-order valence-corrected chi connectivity index (χ2v) is 6.93. The van der Waals surface area contributed by atoms with E-state index in [1.165, 1.54) is 103 Å². The molecule has 19 heavy (non-hydrogen) atoms. The van der Waals surface area contributed by atoms with Gasteiger partial charge in [-0.05, 0) is 38.1 Å². The largest absolute Gasteiger partial charge is 0.314 e. The number of rotatable bonds is 0. The monoisotopic (exact) mass is 265 g/mol. The molecule has 2 aliphatic rings. The molecule has 0 spiro atoms. The van der Waals surface area contributed by atoms with Crippen molar-refractivity contribution in [3.05, 3.63) is 0 Å². The summed E-state index contributed by atoms with van der Waals surface area (Å²) in [5, 5.41) is 3.94. The van der Waals surface area contributed by atoms with Crippen molar-refractivity contribution in [2.45, 2.75) is 102 Å². The number of hydrogen-bond donors (Lipinski definition) is 1. The minimum Gasteiger partial charge on any atom is -0.314 e. The van der Waals surface area contributed by atoms with Gasteiger partial charge in [-0.3, -0.25) is 0 Å². The Hall–Kier alpha value is -0.0400.